The van der Waals surface area contributed by atoms with Crippen molar-refractivity contribution < 1.29 is 14.3 Å². The van der Waals surface area contributed by atoms with Crippen LogP contribution < -0.4 is 14.8 Å². The third-order valence-electron chi connectivity index (χ3n) is 3.95. The van der Waals surface area contributed by atoms with Gasteiger partial charge in [0, 0.05) is 35.1 Å². The highest BCUT2D eigenvalue weighted by molar-refractivity contribution is 7.15. The summed E-state index contributed by atoms with van der Waals surface area (Å²) >= 11 is 1.58. The van der Waals surface area contributed by atoms with Crippen LogP contribution in [0.1, 0.15) is 0 Å². The summed E-state index contributed by atoms with van der Waals surface area (Å²) in [6.45, 7) is -0.0857. The van der Waals surface area contributed by atoms with E-state index in [2.05, 4.69) is 10.3 Å². The molecule has 0 fully saturated rings. The summed E-state index contributed by atoms with van der Waals surface area (Å²) in [7, 11) is 1.59. The SMILES string of the molecule is COc1cccc(OCC(=O)Nc2cccc(-c3cn4ccsc4n3)c2)c1. The van der Waals surface area contributed by atoms with Gasteiger partial charge in [0.05, 0.1) is 12.8 Å². The molecule has 4 rings (SSSR count). The Balaban J connectivity index is 1.41. The Bertz CT molecular complexity index is 1060. The van der Waals surface area contributed by atoms with Gasteiger partial charge in [-0.05, 0) is 24.3 Å². The van der Waals surface area contributed by atoms with Crippen molar-refractivity contribution in [2.75, 3.05) is 19.0 Å². The number of methoxy groups -OCH3 is 1. The van der Waals surface area contributed by atoms with Crippen molar-refractivity contribution in [3.05, 3.63) is 66.3 Å². The number of anilines is 1. The first-order valence-electron chi connectivity index (χ1n) is 8.30. The molecule has 0 spiro atoms. The van der Waals surface area contributed by atoms with E-state index < -0.39 is 0 Å². The molecule has 0 saturated carbocycles. The summed E-state index contributed by atoms with van der Waals surface area (Å²) in [6, 6.07) is 14.7. The van der Waals surface area contributed by atoms with E-state index in [0.29, 0.717) is 17.2 Å². The van der Waals surface area contributed by atoms with Crippen LogP contribution in [-0.2, 0) is 4.79 Å². The molecular formula is C20H17N3O3S. The molecule has 0 atom stereocenters. The molecule has 0 radical (unpaired) electrons. The molecule has 0 aliphatic heterocycles. The van der Waals surface area contributed by atoms with Gasteiger partial charge in [-0.2, -0.15) is 0 Å². The molecule has 6 nitrogen and oxygen atoms in total. The normalized spacial score (nSPS) is 10.7. The molecule has 2 aromatic heterocycles. The Morgan fingerprint density at radius 3 is 2.89 bits per heavy atom. The van der Waals surface area contributed by atoms with Crippen LogP contribution in [-0.4, -0.2) is 29.0 Å². The largest absolute Gasteiger partial charge is 0.497 e. The molecule has 27 heavy (non-hydrogen) atoms. The van der Waals surface area contributed by atoms with E-state index in [-0.39, 0.29) is 12.5 Å². The molecular weight excluding hydrogens is 362 g/mol. The van der Waals surface area contributed by atoms with Crippen molar-refractivity contribution in [1.82, 2.24) is 9.38 Å². The van der Waals surface area contributed by atoms with Gasteiger partial charge in [-0.1, -0.05) is 18.2 Å². The highest BCUT2D eigenvalue weighted by atomic mass is 32.1. The lowest BCUT2D eigenvalue weighted by Gasteiger charge is -2.09. The molecule has 2 heterocycles. The lowest BCUT2D eigenvalue weighted by molar-refractivity contribution is -0.118. The van der Waals surface area contributed by atoms with E-state index in [0.717, 1.165) is 16.2 Å². The van der Waals surface area contributed by atoms with Crippen LogP contribution in [0.5, 0.6) is 11.5 Å². The second kappa shape index (κ2) is 7.51. The lowest BCUT2D eigenvalue weighted by atomic mass is 10.1. The quantitative estimate of drug-likeness (QED) is 0.548. The minimum atomic E-state index is -0.235. The standard InChI is InChI=1S/C20H17N3O3S/c1-25-16-6-3-7-17(11-16)26-13-19(24)21-15-5-2-4-14(10-15)18-12-23-8-9-27-20(23)22-18/h2-12H,13H2,1H3,(H,21,24). The van der Waals surface area contributed by atoms with Gasteiger partial charge >= 0.3 is 0 Å². The lowest BCUT2D eigenvalue weighted by Crippen LogP contribution is -2.20. The zero-order valence-electron chi connectivity index (χ0n) is 14.6. The maximum atomic E-state index is 12.2. The first-order valence-corrected chi connectivity index (χ1v) is 9.18. The van der Waals surface area contributed by atoms with E-state index in [1.165, 1.54) is 0 Å². The summed E-state index contributed by atoms with van der Waals surface area (Å²) in [5.41, 5.74) is 2.51. The molecule has 7 heteroatoms. The van der Waals surface area contributed by atoms with E-state index in [1.54, 1.807) is 30.6 Å². The number of carbonyl (C=O) groups is 1. The zero-order valence-corrected chi connectivity index (χ0v) is 15.4. The minimum Gasteiger partial charge on any atom is -0.497 e. The van der Waals surface area contributed by atoms with Crippen molar-refractivity contribution in [3.8, 4) is 22.8 Å². The van der Waals surface area contributed by atoms with Gasteiger partial charge in [0.2, 0.25) is 0 Å². The minimum absolute atomic E-state index is 0.0857. The summed E-state index contributed by atoms with van der Waals surface area (Å²) < 4.78 is 12.6. The predicted octanol–water partition coefficient (Wildman–Crippen LogP) is 4.09. The zero-order chi connectivity index (χ0) is 18.6. The van der Waals surface area contributed by atoms with Crippen LogP contribution in [0.2, 0.25) is 0 Å². The van der Waals surface area contributed by atoms with Crippen LogP contribution in [0, 0.1) is 0 Å². The molecule has 0 saturated heterocycles. The molecule has 4 aromatic rings. The number of thiazole rings is 1. The molecule has 2 aromatic carbocycles. The van der Waals surface area contributed by atoms with E-state index in [9.17, 15) is 4.79 Å². The Morgan fingerprint density at radius 2 is 2.04 bits per heavy atom. The van der Waals surface area contributed by atoms with Crippen molar-refractivity contribution in [2.24, 2.45) is 0 Å². The topological polar surface area (TPSA) is 64.9 Å². The van der Waals surface area contributed by atoms with Crippen molar-refractivity contribution in [1.29, 1.82) is 0 Å². The fraction of sp³-hybridized carbons (Fsp3) is 0.100. The van der Waals surface area contributed by atoms with E-state index in [1.807, 2.05) is 58.6 Å². The van der Waals surface area contributed by atoms with Crippen LogP contribution in [0.4, 0.5) is 5.69 Å². The van der Waals surface area contributed by atoms with Gasteiger partial charge in [0.25, 0.3) is 5.91 Å². The van der Waals surface area contributed by atoms with Crippen molar-refractivity contribution >= 4 is 27.9 Å². The number of hydrogen-bond donors (Lipinski definition) is 1. The number of aromatic nitrogens is 2. The van der Waals surface area contributed by atoms with Gasteiger partial charge in [-0.15, -0.1) is 11.3 Å². The Morgan fingerprint density at radius 1 is 1.19 bits per heavy atom. The van der Waals surface area contributed by atoms with Crippen LogP contribution in [0.25, 0.3) is 16.2 Å². The molecule has 0 aliphatic rings. The number of fused-ring (bicyclic) bond motifs is 1. The van der Waals surface area contributed by atoms with Gasteiger partial charge in [0.1, 0.15) is 11.5 Å². The summed E-state index contributed by atoms with van der Waals surface area (Å²) in [4.78, 5) is 17.7. The molecule has 0 bridgehead atoms. The fourth-order valence-corrected chi connectivity index (χ4v) is 3.36. The Hall–Kier alpha value is -3.32. The number of ether oxygens (including phenoxy) is 2. The number of hydrogen-bond acceptors (Lipinski definition) is 5. The average molecular weight is 379 g/mol. The van der Waals surface area contributed by atoms with Crippen LogP contribution in [0.3, 0.4) is 0 Å². The first kappa shape index (κ1) is 17.1. The van der Waals surface area contributed by atoms with E-state index in [4.69, 9.17) is 9.47 Å². The van der Waals surface area contributed by atoms with Crippen LogP contribution >= 0.6 is 11.3 Å². The smallest absolute Gasteiger partial charge is 0.262 e. The molecule has 0 aliphatic carbocycles. The maximum absolute atomic E-state index is 12.2. The summed E-state index contributed by atoms with van der Waals surface area (Å²) in [6.07, 6.45) is 3.94. The Kier molecular flexibility index (Phi) is 4.76. The maximum Gasteiger partial charge on any atom is 0.262 e. The number of amides is 1. The number of benzene rings is 2. The first-order chi connectivity index (χ1) is 13.2. The van der Waals surface area contributed by atoms with Crippen LogP contribution in [0.15, 0.2) is 66.3 Å². The predicted molar refractivity (Wildman–Crippen MR) is 106 cm³/mol. The number of nitrogens with one attached hydrogen (secondary N) is 1. The summed E-state index contributed by atoms with van der Waals surface area (Å²) in [5.74, 6) is 1.03. The fourth-order valence-electron chi connectivity index (χ4n) is 2.66. The van der Waals surface area contributed by atoms with Gasteiger partial charge in [-0.3, -0.25) is 9.20 Å². The summed E-state index contributed by atoms with van der Waals surface area (Å²) in [5, 5.41) is 4.84. The second-order valence-corrected chi connectivity index (χ2v) is 6.69. The number of carbonyl (C=O) groups excluding carboxylic acids is 1. The van der Waals surface area contributed by atoms with Gasteiger partial charge in [-0.25, -0.2) is 4.98 Å². The number of imidazole rings is 1. The Labute approximate surface area is 160 Å². The third kappa shape index (κ3) is 3.93. The monoisotopic (exact) mass is 379 g/mol. The van der Waals surface area contributed by atoms with Crippen molar-refractivity contribution in [3.63, 3.8) is 0 Å². The number of nitrogens with zero attached hydrogens (tertiary/aromatic N) is 2. The highest BCUT2D eigenvalue weighted by Crippen LogP contribution is 2.24. The molecule has 1 N–H and O–H groups in total. The number of rotatable bonds is 6. The van der Waals surface area contributed by atoms with Gasteiger partial charge in [0.15, 0.2) is 11.6 Å². The average Bonchev–Trinajstić information content (AvgIpc) is 3.29. The third-order valence-corrected chi connectivity index (χ3v) is 4.72. The van der Waals surface area contributed by atoms with Gasteiger partial charge < -0.3 is 14.8 Å². The van der Waals surface area contributed by atoms with E-state index >= 15 is 0 Å². The molecule has 136 valence electrons. The second-order valence-electron chi connectivity index (χ2n) is 5.82. The highest BCUT2D eigenvalue weighted by Gasteiger charge is 2.08. The molecule has 0 unspecified atom stereocenters. The molecule has 1 amide bonds. The van der Waals surface area contributed by atoms with Crippen molar-refractivity contribution in [2.45, 2.75) is 0 Å².